The van der Waals surface area contributed by atoms with Gasteiger partial charge in [0.1, 0.15) is 5.75 Å². The monoisotopic (exact) mass is 285 g/mol. The fraction of sp³-hybridized carbons (Fsp3) is 0.538. The highest BCUT2D eigenvalue weighted by atomic mass is 79.9. The molecule has 0 aliphatic carbocycles. The van der Waals surface area contributed by atoms with E-state index in [0.717, 1.165) is 17.6 Å². The van der Waals surface area contributed by atoms with Gasteiger partial charge in [-0.1, -0.05) is 34.5 Å². The molecule has 0 aliphatic rings. The number of halogens is 1. The molecule has 0 fully saturated rings. The average Bonchev–Trinajstić information content (AvgIpc) is 2.34. The van der Waals surface area contributed by atoms with Gasteiger partial charge in [0.2, 0.25) is 0 Å². The van der Waals surface area contributed by atoms with Gasteiger partial charge in [-0.2, -0.15) is 0 Å². The van der Waals surface area contributed by atoms with Crippen LogP contribution in [0.2, 0.25) is 0 Å². The van der Waals surface area contributed by atoms with Crippen molar-refractivity contribution in [3.8, 4) is 5.75 Å². The number of unbranched alkanes of at least 4 members (excludes halogenated alkanes) is 2. The van der Waals surface area contributed by atoms with E-state index in [1.165, 1.54) is 24.9 Å². The smallest absolute Gasteiger partial charge is 0.142 e. The molecule has 16 heavy (non-hydrogen) atoms. The van der Waals surface area contributed by atoms with Crippen LogP contribution in [0.25, 0.3) is 0 Å². The number of methoxy groups -OCH3 is 1. The molecule has 0 N–H and O–H groups in total. The molecule has 2 nitrogen and oxygen atoms in total. The van der Waals surface area contributed by atoms with Crippen molar-refractivity contribution >= 4 is 21.6 Å². The van der Waals surface area contributed by atoms with Gasteiger partial charge >= 0.3 is 0 Å². The lowest BCUT2D eigenvalue weighted by atomic mass is 10.2. The average molecular weight is 286 g/mol. The Bertz CT molecular complexity index is 304. The SMILES string of the molecule is COc1ccccc1N(C)CCCCCBr. The lowest BCUT2D eigenvalue weighted by Gasteiger charge is -2.21. The minimum absolute atomic E-state index is 0.950. The third-order valence-corrected chi connectivity index (χ3v) is 3.18. The molecule has 0 amide bonds. The molecule has 0 heterocycles. The summed E-state index contributed by atoms with van der Waals surface area (Å²) in [5.41, 5.74) is 1.17. The Labute approximate surface area is 107 Å². The minimum atomic E-state index is 0.950. The van der Waals surface area contributed by atoms with Crippen LogP contribution in [0.3, 0.4) is 0 Å². The van der Waals surface area contributed by atoms with Crippen LogP contribution in [-0.2, 0) is 0 Å². The van der Waals surface area contributed by atoms with E-state index in [4.69, 9.17) is 4.74 Å². The predicted octanol–water partition coefficient (Wildman–Crippen LogP) is 3.70. The Morgan fingerprint density at radius 3 is 2.62 bits per heavy atom. The van der Waals surface area contributed by atoms with Gasteiger partial charge in [0.05, 0.1) is 12.8 Å². The topological polar surface area (TPSA) is 12.5 Å². The zero-order valence-corrected chi connectivity index (χ0v) is 11.7. The van der Waals surface area contributed by atoms with Gasteiger partial charge in [-0.25, -0.2) is 0 Å². The predicted molar refractivity (Wildman–Crippen MR) is 73.9 cm³/mol. The maximum Gasteiger partial charge on any atom is 0.142 e. The molecule has 0 unspecified atom stereocenters. The van der Waals surface area contributed by atoms with Crippen molar-refractivity contribution in [2.75, 3.05) is 30.9 Å². The van der Waals surface area contributed by atoms with E-state index in [2.05, 4.69) is 33.9 Å². The summed E-state index contributed by atoms with van der Waals surface area (Å²) in [6.07, 6.45) is 3.74. The summed E-state index contributed by atoms with van der Waals surface area (Å²) in [4.78, 5) is 2.26. The lowest BCUT2D eigenvalue weighted by molar-refractivity contribution is 0.414. The maximum absolute atomic E-state index is 5.34. The molecule has 0 saturated carbocycles. The van der Waals surface area contributed by atoms with Crippen LogP contribution in [0.1, 0.15) is 19.3 Å². The molecule has 90 valence electrons. The number of para-hydroxylation sites is 2. The number of alkyl halides is 1. The van der Waals surface area contributed by atoms with E-state index in [1.807, 2.05) is 18.2 Å². The summed E-state index contributed by atoms with van der Waals surface area (Å²) in [7, 11) is 3.84. The van der Waals surface area contributed by atoms with E-state index in [9.17, 15) is 0 Å². The van der Waals surface area contributed by atoms with Crippen molar-refractivity contribution in [3.05, 3.63) is 24.3 Å². The number of hydrogen-bond donors (Lipinski definition) is 0. The molecular weight excluding hydrogens is 266 g/mol. The molecule has 0 spiro atoms. The van der Waals surface area contributed by atoms with Crippen LogP contribution in [0.15, 0.2) is 24.3 Å². The Balaban J connectivity index is 2.48. The Morgan fingerprint density at radius 2 is 1.94 bits per heavy atom. The third kappa shape index (κ3) is 4.05. The highest BCUT2D eigenvalue weighted by Gasteiger charge is 2.06. The molecule has 1 rings (SSSR count). The second-order valence-electron chi connectivity index (χ2n) is 3.84. The number of benzene rings is 1. The van der Waals surface area contributed by atoms with E-state index in [1.54, 1.807) is 7.11 Å². The van der Waals surface area contributed by atoms with E-state index >= 15 is 0 Å². The van der Waals surface area contributed by atoms with Gasteiger partial charge in [-0.3, -0.25) is 0 Å². The first-order valence-corrected chi connectivity index (χ1v) is 6.82. The van der Waals surface area contributed by atoms with Crippen molar-refractivity contribution in [1.82, 2.24) is 0 Å². The standard InChI is InChI=1S/C13H20BrNO/c1-15(11-7-3-6-10-14)12-8-4-5-9-13(12)16-2/h4-5,8-9H,3,6-7,10-11H2,1-2H3. The van der Waals surface area contributed by atoms with Crippen LogP contribution in [0.5, 0.6) is 5.75 Å². The Kier molecular flexibility index (Phi) is 6.31. The van der Waals surface area contributed by atoms with Crippen LogP contribution in [-0.4, -0.2) is 26.0 Å². The normalized spacial score (nSPS) is 10.2. The summed E-state index contributed by atoms with van der Waals surface area (Å²) in [5, 5.41) is 1.10. The highest BCUT2D eigenvalue weighted by molar-refractivity contribution is 9.09. The molecule has 0 aliphatic heterocycles. The second kappa shape index (κ2) is 7.55. The molecule has 0 aromatic heterocycles. The summed E-state index contributed by atoms with van der Waals surface area (Å²) in [6, 6.07) is 8.15. The minimum Gasteiger partial charge on any atom is -0.495 e. The van der Waals surface area contributed by atoms with Crippen LogP contribution in [0.4, 0.5) is 5.69 Å². The van der Waals surface area contributed by atoms with Crippen LogP contribution >= 0.6 is 15.9 Å². The van der Waals surface area contributed by atoms with Crippen molar-refractivity contribution in [2.45, 2.75) is 19.3 Å². The molecule has 1 aromatic carbocycles. The summed E-state index contributed by atoms with van der Waals surface area (Å²) in [5.74, 6) is 0.950. The Morgan fingerprint density at radius 1 is 1.19 bits per heavy atom. The van der Waals surface area contributed by atoms with Crippen LogP contribution < -0.4 is 9.64 Å². The van der Waals surface area contributed by atoms with Gasteiger partial charge in [0.25, 0.3) is 0 Å². The largest absolute Gasteiger partial charge is 0.495 e. The molecule has 0 radical (unpaired) electrons. The van der Waals surface area contributed by atoms with E-state index in [0.29, 0.717) is 0 Å². The first-order valence-electron chi connectivity index (χ1n) is 5.69. The Hall–Kier alpha value is -0.700. The van der Waals surface area contributed by atoms with Crippen molar-refractivity contribution in [3.63, 3.8) is 0 Å². The van der Waals surface area contributed by atoms with Gasteiger partial charge in [0, 0.05) is 18.9 Å². The zero-order chi connectivity index (χ0) is 11.8. The molecule has 1 aromatic rings. The summed E-state index contributed by atoms with van der Waals surface area (Å²) in [6.45, 7) is 1.08. The van der Waals surface area contributed by atoms with Crippen LogP contribution in [0, 0.1) is 0 Å². The molecule has 0 saturated heterocycles. The number of nitrogens with zero attached hydrogens (tertiary/aromatic N) is 1. The number of hydrogen-bond acceptors (Lipinski definition) is 2. The first kappa shape index (κ1) is 13.4. The van der Waals surface area contributed by atoms with E-state index < -0.39 is 0 Å². The molecule has 3 heteroatoms. The van der Waals surface area contributed by atoms with Crippen molar-refractivity contribution in [1.29, 1.82) is 0 Å². The van der Waals surface area contributed by atoms with Gasteiger partial charge in [-0.05, 0) is 25.0 Å². The molecule has 0 bridgehead atoms. The van der Waals surface area contributed by atoms with Gasteiger partial charge < -0.3 is 9.64 Å². The van der Waals surface area contributed by atoms with Gasteiger partial charge in [-0.15, -0.1) is 0 Å². The fourth-order valence-corrected chi connectivity index (χ4v) is 2.08. The van der Waals surface area contributed by atoms with Crippen molar-refractivity contribution < 1.29 is 4.74 Å². The first-order chi connectivity index (χ1) is 7.79. The molecule has 0 atom stereocenters. The number of anilines is 1. The lowest BCUT2D eigenvalue weighted by Crippen LogP contribution is -2.19. The third-order valence-electron chi connectivity index (χ3n) is 2.62. The summed E-state index contributed by atoms with van der Waals surface area (Å²) >= 11 is 3.45. The van der Waals surface area contributed by atoms with Gasteiger partial charge in [0.15, 0.2) is 0 Å². The van der Waals surface area contributed by atoms with E-state index in [-0.39, 0.29) is 0 Å². The highest BCUT2D eigenvalue weighted by Crippen LogP contribution is 2.26. The quantitative estimate of drug-likeness (QED) is 0.560. The summed E-state index contributed by atoms with van der Waals surface area (Å²) < 4.78 is 5.34. The number of ether oxygens (including phenoxy) is 1. The number of rotatable bonds is 7. The zero-order valence-electron chi connectivity index (χ0n) is 10.1. The maximum atomic E-state index is 5.34. The second-order valence-corrected chi connectivity index (χ2v) is 4.64. The van der Waals surface area contributed by atoms with Crippen molar-refractivity contribution in [2.24, 2.45) is 0 Å². The fourth-order valence-electron chi connectivity index (χ4n) is 1.69. The molecular formula is C13H20BrNO.